The third kappa shape index (κ3) is 3.04. The lowest BCUT2D eigenvalue weighted by atomic mass is 10.2. The molecule has 0 aliphatic carbocycles. The molecule has 0 radical (unpaired) electrons. The van der Waals surface area contributed by atoms with Gasteiger partial charge in [-0.2, -0.15) is 5.26 Å². The zero-order chi connectivity index (χ0) is 14.4. The van der Waals surface area contributed by atoms with Crippen LogP contribution in [0.4, 0.5) is 10.5 Å². The van der Waals surface area contributed by atoms with E-state index in [-0.39, 0.29) is 11.6 Å². The number of rotatable bonds is 2. The summed E-state index contributed by atoms with van der Waals surface area (Å²) in [5.74, 6) is 0. The van der Waals surface area contributed by atoms with Gasteiger partial charge in [0.05, 0.1) is 10.6 Å². The molecule has 1 fully saturated rings. The summed E-state index contributed by atoms with van der Waals surface area (Å²) in [4.78, 5) is 23.4. The van der Waals surface area contributed by atoms with Gasteiger partial charge in [-0.15, -0.1) is 0 Å². The average molecular weight is 281 g/mol. The number of halogens is 1. The number of nitriles is 1. The number of aldehydes is 1. The van der Waals surface area contributed by atoms with Gasteiger partial charge in [0.2, 0.25) is 0 Å². The van der Waals surface area contributed by atoms with Crippen LogP contribution in [0.25, 0.3) is 0 Å². The summed E-state index contributed by atoms with van der Waals surface area (Å²) in [5.41, 5.74) is 0.749. The zero-order valence-corrected chi connectivity index (χ0v) is 11.3. The van der Waals surface area contributed by atoms with Crippen LogP contribution in [0.5, 0.6) is 0 Å². The Morgan fingerprint density at radius 2 is 2.21 bits per heavy atom. The first kappa shape index (κ1) is 15.0. The quantitative estimate of drug-likeness (QED) is 0.781. The maximum atomic E-state index is 11.4. The minimum Gasteiger partial charge on any atom is -0.446 e. The Bertz CT molecular complexity index is 525. The van der Waals surface area contributed by atoms with Crippen molar-refractivity contribution in [3.05, 3.63) is 28.8 Å². The summed E-state index contributed by atoms with van der Waals surface area (Å²) in [5, 5.41) is 8.96. The summed E-state index contributed by atoms with van der Waals surface area (Å²) in [6.45, 7) is 4.03. The fraction of sp³-hybridized carbons (Fsp3) is 0.308. The molecule has 0 saturated carbocycles. The highest BCUT2D eigenvalue weighted by atomic mass is 35.5. The van der Waals surface area contributed by atoms with Crippen molar-refractivity contribution in [3.8, 4) is 6.07 Å². The van der Waals surface area contributed by atoms with Gasteiger partial charge >= 0.3 is 6.09 Å². The monoisotopic (exact) mass is 280 g/mol. The zero-order valence-electron chi connectivity index (χ0n) is 10.6. The molecule has 0 aromatic heterocycles. The molecule has 1 aromatic carbocycles. The Kier molecular flexibility index (Phi) is 5.34. The molecule has 100 valence electrons. The molecule has 1 aliphatic heterocycles. The Morgan fingerprint density at radius 1 is 1.53 bits per heavy atom. The number of hydrogen-bond donors (Lipinski definition) is 0. The molecule has 1 amide bonds. The third-order valence-electron chi connectivity index (χ3n) is 2.41. The normalized spacial score (nSPS) is 17.1. The van der Waals surface area contributed by atoms with Crippen molar-refractivity contribution < 1.29 is 14.3 Å². The minimum absolute atomic E-state index is 0.0277. The second-order valence-corrected chi connectivity index (χ2v) is 3.83. The number of anilines is 1. The van der Waals surface area contributed by atoms with Crippen LogP contribution in [0.3, 0.4) is 0 Å². The minimum atomic E-state index is -0.647. The number of carbonyl (C=O) groups excluding carboxylic acids is 2. The molecular weight excluding hydrogens is 268 g/mol. The second kappa shape index (κ2) is 6.76. The van der Waals surface area contributed by atoms with Gasteiger partial charge in [-0.3, -0.25) is 4.90 Å². The van der Waals surface area contributed by atoms with Gasteiger partial charge in [-0.1, -0.05) is 25.4 Å². The molecule has 6 heteroatoms. The second-order valence-electron chi connectivity index (χ2n) is 3.43. The van der Waals surface area contributed by atoms with Gasteiger partial charge in [0, 0.05) is 5.69 Å². The molecule has 1 unspecified atom stereocenters. The van der Waals surface area contributed by atoms with Gasteiger partial charge in [0.25, 0.3) is 0 Å². The van der Waals surface area contributed by atoms with Crippen LogP contribution in [0, 0.1) is 11.3 Å². The Hall–Kier alpha value is -2.06. The molecule has 5 nitrogen and oxygen atoms in total. The van der Waals surface area contributed by atoms with Crippen LogP contribution in [0.1, 0.15) is 19.4 Å². The molecule has 19 heavy (non-hydrogen) atoms. The predicted molar refractivity (Wildman–Crippen MR) is 71.2 cm³/mol. The number of hydrogen-bond acceptors (Lipinski definition) is 4. The molecule has 2 rings (SSSR count). The van der Waals surface area contributed by atoms with Gasteiger partial charge in [0.15, 0.2) is 0 Å². The third-order valence-corrected chi connectivity index (χ3v) is 2.73. The topological polar surface area (TPSA) is 70.4 Å². The summed E-state index contributed by atoms with van der Waals surface area (Å²) >= 11 is 5.86. The maximum Gasteiger partial charge on any atom is 0.415 e. The highest BCUT2D eigenvalue weighted by Gasteiger charge is 2.34. The van der Waals surface area contributed by atoms with Gasteiger partial charge < -0.3 is 9.53 Å². The molecular formula is C13H13ClN2O3. The van der Waals surface area contributed by atoms with Crippen molar-refractivity contribution in [2.24, 2.45) is 0 Å². The molecule has 1 aliphatic rings. The van der Waals surface area contributed by atoms with Crippen molar-refractivity contribution >= 4 is 29.7 Å². The lowest BCUT2D eigenvalue weighted by molar-refractivity contribution is -0.108. The molecule has 1 atom stereocenters. The number of cyclic esters (lactones) is 1. The smallest absolute Gasteiger partial charge is 0.415 e. The fourth-order valence-corrected chi connectivity index (χ4v) is 1.79. The van der Waals surface area contributed by atoms with E-state index in [0.29, 0.717) is 17.5 Å². The van der Waals surface area contributed by atoms with Crippen molar-refractivity contribution in [1.82, 2.24) is 0 Å². The fourth-order valence-electron chi connectivity index (χ4n) is 1.58. The van der Waals surface area contributed by atoms with E-state index < -0.39 is 12.1 Å². The number of nitrogens with zero attached hydrogens (tertiary/aromatic N) is 2. The Labute approximate surface area is 116 Å². The van der Waals surface area contributed by atoms with Crippen LogP contribution in [-0.2, 0) is 9.53 Å². The summed E-state index contributed by atoms with van der Waals surface area (Å²) in [6.07, 6.45) is 0.0414. The largest absolute Gasteiger partial charge is 0.446 e. The first-order valence-corrected chi connectivity index (χ1v) is 6.16. The van der Waals surface area contributed by atoms with E-state index in [1.807, 2.05) is 19.9 Å². The van der Waals surface area contributed by atoms with Crippen LogP contribution >= 0.6 is 11.6 Å². The SMILES string of the molecule is CC.N#Cc1ccc(N2C(=O)OCC2C=O)cc1Cl. The number of ether oxygens (including phenoxy) is 1. The van der Waals surface area contributed by atoms with E-state index in [9.17, 15) is 9.59 Å². The highest BCUT2D eigenvalue weighted by Crippen LogP contribution is 2.27. The molecule has 0 bridgehead atoms. The van der Waals surface area contributed by atoms with E-state index >= 15 is 0 Å². The van der Waals surface area contributed by atoms with Crippen LogP contribution in [0.15, 0.2) is 18.2 Å². The Balaban J connectivity index is 0.000000861. The van der Waals surface area contributed by atoms with Crippen molar-refractivity contribution in [2.45, 2.75) is 19.9 Å². The summed E-state index contributed by atoms with van der Waals surface area (Å²) < 4.78 is 4.77. The average Bonchev–Trinajstić information content (AvgIpc) is 2.82. The lowest BCUT2D eigenvalue weighted by Gasteiger charge is -2.17. The van der Waals surface area contributed by atoms with Crippen LogP contribution in [-0.4, -0.2) is 25.0 Å². The van der Waals surface area contributed by atoms with Crippen molar-refractivity contribution in [1.29, 1.82) is 5.26 Å². The summed E-state index contributed by atoms with van der Waals surface area (Å²) in [6, 6.07) is 5.77. The van der Waals surface area contributed by atoms with Crippen LogP contribution < -0.4 is 4.90 Å². The van der Waals surface area contributed by atoms with Gasteiger partial charge in [0.1, 0.15) is 25.0 Å². The van der Waals surface area contributed by atoms with E-state index in [0.717, 1.165) is 0 Å². The van der Waals surface area contributed by atoms with Gasteiger partial charge in [-0.05, 0) is 18.2 Å². The molecule has 1 aromatic rings. The molecule has 1 saturated heterocycles. The molecule has 1 heterocycles. The predicted octanol–water partition coefficient (Wildman–Crippen LogP) is 2.76. The summed E-state index contributed by atoms with van der Waals surface area (Å²) in [7, 11) is 0. The Morgan fingerprint density at radius 3 is 2.74 bits per heavy atom. The van der Waals surface area contributed by atoms with Crippen molar-refractivity contribution in [2.75, 3.05) is 11.5 Å². The van der Waals surface area contributed by atoms with E-state index in [1.54, 1.807) is 6.07 Å². The number of carbonyl (C=O) groups is 2. The molecule has 0 N–H and O–H groups in total. The number of benzene rings is 1. The first-order valence-electron chi connectivity index (χ1n) is 5.78. The maximum absolute atomic E-state index is 11.4. The standard InChI is InChI=1S/C11H7ClN2O3.C2H6/c12-10-3-8(2-1-7(10)4-13)14-9(5-15)6-17-11(14)16;1-2/h1-3,5,9H,6H2;1-2H3. The van der Waals surface area contributed by atoms with E-state index in [1.165, 1.54) is 17.0 Å². The first-order chi connectivity index (χ1) is 9.17. The van der Waals surface area contributed by atoms with Crippen LogP contribution in [0.2, 0.25) is 5.02 Å². The lowest BCUT2D eigenvalue weighted by Crippen LogP contribution is -2.34. The molecule has 0 spiro atoms. The highest BCUT2D eigenvalue weighted by molar-refractivity contribution is 6.32. The van der Waals surface area contributed by atoms with E-state index in [4.69, 9.17) is 21.6 Å². The van der Waals surface area contributed by atoms with E-state index in [2.05, 4.69) is 0 Å². The number of amides is 1. The van der Waals surface area contributed by atoms with Gasteiger partial charge in [-0.25, -0.2) is 4.79 Å². The van der Waals surface area contributed by atoms with Crippen molar-refractivity contribution in [3.63, 3.8) is 0 Å².